The van der Waals surface area contributed by atoms with E-state index in [1.54, 1.807) is 24.3 Å². The average Bonchev–Trinajstić information content (AvgIpc) is 2.81. The van der Waals surface area contributed by atoms with E-state index < -0.39 is 17.8 Å². The topological polar surface area (TPSA) is 88.5 Å². The number of ether oxygens (including phenoxy) is 1. The lowest BCUT2D eigenvalue weighted by Gasteiger charge is -2.12. The van der Waals surface area contributed by atoms with E-state index in [1.165, 1.54) is 28.9 Å². The maximum absolute atomic E-state index is 13.0. The monoisotopic (exact) mass is 503 g/mol. The Morgan fingerprint density at radius 3 is 2.53 bits per heavy atom. The molecular weight excluding hydrogens is 475 g/mol. The van der Waals surface area contributed by atoms with Crippen molar-refractivity contribution in [3.63, 3.8) is 0 Å². The van der Waals surface area contributed by atoms with Crippen LogP contribution < -0.4 is 16.2 Å². The molecule has 0 aliphatic rings. The number of hydrogen-bond acceptors (Lipinski definition) is 6. The van der Waals surface area contributed by atoms with Gasteiger partial charge in [-0.25, -0.2) is 9.48 Å². The Hall–Kier alpha value is -3.86. The van der Waals surface area contributed by atoms with Crippen molar-refractivity contribution in [3.05, 3.63) is 82.1 Å². The fourth-order valence-corrected chi connectivity index (χ4v) is 3.32. The van der Waals surface area contributed by atoms with Crippen LogP contribution in [0.2, 0.25) is 0 Å². The fourth-order valence-electron chi connectivity index (χ4n) is 3.32. The Morgan fingerprint density at radius 2 is 1.78 bits per heavy atom. The lowest BCUT2D eigenvalue weighted by molar-refractivity contribution is -0.137. The second-order valence-electron chi connectivity index (χ2n) is 8.39. The minimum Gasteiger partial charge on any atom is -0.449 e. The Kier molecular flexibility index (Phi) is 9.07. The molecule has 0 atom stereocenters. The molecule has 3 rings (SSSR count). The SMILES string of the molecule is CN(C)CCCCOC(=O)Nc1cccc(Cn2nc(Nc3cccc(C(F)(F)F)c3)ccc2=O)c1. The van der Waals surface area contributed by atoms with E-state index in [9.17, 15) is 22.8 Å². The number of nitrogens with one attached hydrogen (secondary N) is 2. The number of benzene rings is 2. The van der Waals surface area contributed by atoms with Crippen LogP contribution in [0, 0.1) is 0 Å². The van der Waals surface area contributed by atoms with Crippen LogP contribution in [0.4, 0.5) is 35.2 Å². The van der Waals surface area contributed by atoms with E-state index >= 15 is 0 Å². The quantitative estimate of drug-likeness (QED) is 0.381. The zero-order valence-electron chi connectivity index (χ0n) is 20.0. The molecule has 0 fully saturated rings. The van der Waals surface area contributed by atoms with Crippen LogP contribution in [-0.2, 0) is 17.5 Å². The largest absolute Gasteiger partial charge is 0.449 e. The third-order valence-corrected chi connectivity index (χ3v) is 5.07. The zero-order chi connectivity index (χ0) is 26.1. The predicted octanol–water partition coefficient (Wildman–Crippen LogP) is 4.94. The van der Waals surface area contributed by atoms with E-state index in [-0.39, 0.29) is 23.6 Å². The average molecular weight is 504 g/mol. The molecule has 0 aliphatic carbocycles. The molecule has 1 amide bonds. The van der Waals surface area contributed by atoms with E-state index in [0.717, 1.165) is 31.5 Å². The standard InChI is InChI=1S/C25H28F3N5O3/c1-32(2)13-3-4-14-36-24(35)30-20-9-5-7-18(15-20)17-33-23(34)12-11-22(31-33)29-21-10-6-8-19(16-21)25(26,27)28/h5-12,15-16H,3-4,13-14,17H2,1-2H3,(H,29,31)(H,30,35). The zero-order valence-corrected chi connectivity index (χ0v) is 20.0. The number of nitrogens with zero attached hydrogens (tertiary/aromatic N) is 3. The number of aromatic nitrogens is 2. The van der Waals surface area contributed by atoms with Crippen LogP contribution in [0.1, 0.15) is 24.0 Å². The van der Waals surface area contributed by atoms with Crippen LogP contribution in [0.15, 0.2) is 65.5 Å². The van der Waals surface area contributed by atoms with Gasteiger partial charge in [0.15, 0.2) is 5.82 Å². The summed E-state index contributed by atoms with van der Waals surface area (Å²) >= 11 is 0. The van der Waals surface area contributed by atoms with Gasteiger partial charge in [0.25, 0.3) is 5.56 Å². The number of anilines is 3. The van der Waals surface area contributed by atoms with Crippen molar-refractivity contribution in [1.82, 2.24) is 14.7 Å². The van der Waals surface area contributed by atoms with Gasteiger partial charge in [-0.3, -0.25) is 10.1 Å². The summed E-state index contributed by atoms with van der Waals surface area (Å²) < 4.78 is 45.3. The lowest BCUT2D eigenvalue weighted by Crippen LogP contribution is -2.23. The van der Waals surface area contributed by atoms with Crippen LogP contribution in [0.25, 0.3) is 0 Å². The highest BCUT2D eigenvalue weighted by molar-refractivity contribution is 5.84. The number of alkyl halides is 3. The highest BCUT2D eigenvalue weighted by Crippen LogP contribution is 2.31. The minimum absolute atomic E-state index is 0.0893. The van der Waals surface area contributed by atoms with E-state index in [4.69, 9.17) is 4.74 Å². The number of carbonyl (C=O) groups excluding carboxylic acids is 1. The molecule has 0 spiro atoms. The van der Waals surface area contributed by atoms with Crippen molar-refractivity contribution in [1.29, 1.82) is 0 Å². The first-order valence-electron chi connectivity index (χ1n) is 11.3. The summed E-state index contributed by atoms with van der Waals surface area (Å²) in [6, 6.07) is 14.2. The fraction of sp³-hybridized carbons (Fsp3) is 0.320. The Labute approximate surface area is 206 Å². The lowest BCUT2D eigenvalue weighted by atomic mass is 10.2. The maximum atomic E-state index is 13.0. The number of amides is 1. The summed E-state index contributed by atoms with van der Waals surface area (Å²) in [6.45, 7) is 1.31. The second-order valence-corrected chi connectivity index (χ2v) is 8.39. The van der Waals surface area contributed by atoms with Gasteiger partial charge in [-0.2, -0.15) is 18.3 Å². The van der Waals surface area contributed by atoms with Crippen LogP contribution in [-0.4, -0.2) is 48.0 Å². The molecule has 0 saturated carbocycles. The van der Waals surface area contributed by atoms with Gasteiger partial charge in [0, 0.05) is 17.4 Å². The van der Waals surface area contributed by atoms with Gasteiger partial charge < -0.3 is 15.0 Å². The minimum atomic E-state index is -4.47. The third kappa shape index (κ3) is 8.42. The smallest absolute Gasteiger partial charge is 0.416 e. The highest BCUT2D eigenvalue weighted by atomic mass is 19.4. The predicted molar refractivity (Wildman–Crippen MR) is 132 cm³/mol. The van der Waals surface area contributed by atoms with Crippen LogP contribution >= 0.6 is 0 Å². The molecule has 0 aliphatic heterocycles. The molecule has 0 bridgehead atoms. The molecule has 11 heteroatoms. The molecular formula is C25H28F3N5O3. The molecule has 2 N–H and O–H groups in total. The first kappa shape index (κ1) is 26.7. The molecule has 1 heterocycles. The molecule has 0 radical (unpaired) electrons. The molecule has 0 unspecified atom stereocenters. The number of rotatable bonds is 10. The summed E-state index contributed by atoms with van der Waals surface area (Å²) in [5.74, 6) is 0.209. The number of unbranched alkanes of at least 4 members (excludes halogenated alkanes) is 1. The first-order valence-corrected chi connectivity index (χ1v) is 11.3. The normalized spacial score (nSPS) is 11.4. The molecule has 192 valence electrons. The summed E-state index contributed by atoms with van der Waals surface area (Å²) in [5, 5.41) is 9.67. The summed E-state index contributed by atoms with van der Waals surface area (Å²) in [6.07, 6.45) is -3.37. The van der Waals surface area contributed by atoms with Gasteiger partial charge in [0.1, 0.15) is 0 Å². The number of hydrogen-bond donors (Lipinski definition) is 2. The Morgan fingerprint density at radius 1 is 1.03 bits per heavy atom. The van der Waals surface area contributed by atoms with Crippen molar-refractivity contribution in [3.8, 4) is 0 Å². The third-order valence-electron chi connectivity index (χ3n) is 5.07. The highest BCUT2D eigenvalue weighted by Gasteiger charge is 2.30. The second kappa shape index (κ2) is 12.2. The molecule has 36 heavy (non-hydrogen) atoms. The summed E-state index contributed by atoms with van der Waals surface area (Å²) in [7, 11) is 3.96. The van der Waals surface area contributed by atoms with Crippen LogP contribution in [0.3, 0.4) is 0 Å². The Bertz CT molecular complexity index is 1230. The summed E-state index contributed by atoms with van der Waals surface area (Å²) in [5.41, 5.74) is 0.188. The van der Waals surface area contributed by atoms with E-state index in [2.05, 4.69) is 20.6 Å². The molecule has 2 aromatic carbocycles. The van der Waals surface area contributed by atoms with Crippen molar-refractivity contribution < 1.29 is 22.7 Å². The van der Waals surface area contributed by atoms with E-state index in [1.807, 2.05) is 14.1 Å². The first-order chi connectivity index (χ1) is 17.1. The number of halogens is 3. The van der Waals surface area contributed by atoms with Crippen molar-refractivity contribution >= 4 is 23.3 Å². The van der Waals surface area contributed by atoms with Crippen molar-refractivity contribution in [2.45, 2.75) is 25.6 Å². The number of carbonyl (C=O) groups is 1. The molecule has 8 nitrogen and oxygen atoms in total. The van der Waals surface area contributed by atoms with Gasteiger partial charge in [-0.15, -0.1) is 0 Å². The van der Waals surface area contributed by atoms with Crippen molar-refractivity contribution in [2.24, 2.45) is 0 Å². The Balaban J connectivity index is 1.62. The molecule has 0 saturated heterocycles. The van der Waals surface area contributed by atoms with Gasteiger partial charge in [-0.1, -0.05) is 18.2 Å². The van der Waals surface area contributed by atoms with Crippen LogP contribution in [0.5, 0.6) is 0 Å². The summed E-state index contributed by atoms with van der Waals surface area (Å²) in [4.78, 5) is 26.4. The van der Waals surface area contributed by atoms with E-state index in [0.29, 0.717) is 17.9 Å². The molecule has 1 aromatic heterocycles. The van der Waals surface area contributed by atoms with Gasteiger partial charge >= 0.3 is 12.3 Å². The van der Waals surface area contributed by atoms with Gasteiger partial charge in [0.05, 0.1) is 18.7 Å². The molecule has 3 aromatic rings. The van der Waals surface area contributed by atoms with Gasteiger partial charge in [-0.05, 0) is 75.4 Å². The maximum Gasteiger partial charge on any atom is 0.416 e. The van der Waals surface area contributed by atoms with Crippen molar-refractivity contribution in [2.75, 3.05) is 37.9 Å². The van der Waals surface area contributed by atoms with Gasteiger partial charge in [0.2, 0.25) is 0 Å².